The highest BCUT2D eigenvalue weighted by Gasteiger charge is 2.19. The molecule has 2 aromatic rings. The molecule has 1 N–H and O–H groups in total. The lowest BCUT2D eigenvalue weighted by atomic mass is 10.0. The van der Waals surface area contributed by atoms with Gasteiger partial charge < -0.3 is 10.1 Å². The Bertz CT molecular complexity index is 722. The van der Waals surface area contributed by atoms with Crippen LogP contribution >= 0.6 is 27.7 Å². The van der Waals surface area contributed by atoms with Crippen molar-refractivity contribution in [3.8, 4) is 0 Å². The van der Waals surface area contributed by atoms with Crippen molar-refractivity contribution in [1.82, 2.24) is 5.32 Å². The van der Waals surface area contributed by atoms with Gasteiger partial charge in [0.05, 0.1) is 25.3 Å². The fourth-order valence-electron chi connectivity index (χ4n) is 2.11. The second-order valence-corrected chi connectivity index (χ2v) is 7.16. The van der Waals surface area contributed by atoms with Crippen molar-refractivity contribution in [2.45, 2.75) is 17.4 Å². The minimum atomic E-state index is -0.470. The summed E-state index contributed by atoms with van der Waals surface area (Å²) in [7, 11) is 1.31. The zero-order chi connectivity index (χ0) is 18.2. The molecule has 0 spiro atoms. The molecule has 0 aliphatic rings. The average Bonchev–Trinajstić information content (AvgIpc) is 2.61. The van der Waals surface area contributed by atoms with E-state index in [1.54, 1.807) is 12.1 Å². The molecule has 7 heteroatoms. The van der Waals surface area contributed by atoms with Crippen molar-refractivity contribution >= 4 is 39.6 Å². The first-order valence-electron chi connectivity index (χ1n) is 7.48. The van der Waals surface area contributed by atoms with Crippen molar-refractivity contribution in [2.75, 3.05) is 12.9 Å². The van der Waals surface area contributed by atoms with Gasteiger partial charge in [0.1, 0.15) is 5.82 Å². The van der Waals surface area contributed by atoms with Crippen LogP contribution in [0.4, 0.5) is 4.39 Å². The smallest absolute Gasteiger partial charge is 0.307 e. The number of hydrogen-bond donors (Lipinski definition) is 1. The molecule has 1 atom stereocenters. The van der Waals surface area contributed by atoms with Gasteiger partial charge in [0.2, 0.25) is 5.91 Å². The molecular weight excluding hydrogens is 409 g/mol. The van der Waals surface area contributed by atoms with Crippen LogP contribution in [0, 0.1) is 5.82 Å². The Balaban J connectivity index is 1.99. The lowest BCUT2D eigenvalue weighted by Crippen LogP contribution is -2.31. The maximum Gasteiger partial charge on any atom is 0.307 e. The largest absolute Gasteiger partial charge is 0.469 e. The summed E-state index contributed by atoms with van der Waals surface area (Å²) < 4.78 is 18.5. The molecule has 2 rings (SSSR count). The van der Waals surface area contributed by atoms with Gasteiger partial charge in [-0.1, -0.05) is 28.1 Å². The lowest BCUT2D eigenvalue weighted by molar-refractivity contribution is -0.141. The quantitative estimate of drug-likeness (QED) is 0.535. The van der Waals surface area contributed by atoms with Gasteiger partial charge in [-0.3, -0.25) is 9.59 Å². The normalized spacial score (nSPS) is 11.6. The predicted molar refractivity (Wildman–Crippen MR) is 98.8 cm³/mol. The number of methoxy groups -OCH3 is 1. The number of esters is 1. The number of ether oxygens (including phenoxy) is 1. The highest BCUT2D eigenvalue weighted by atomic mass is 79.9. The molecule has 0 fully saturated rings. The van der Waals surface area contributed by atoms with Crippen LogP contribution in [0.25, 0.3) is 0 Å². The SMILES string of the molecule is COC(=O)CC(NC(=O)CSc1ccc(F)cc1)c1ccc(Br)cc1. The van der Waals surface area contributed by atoms with E-state index < -0.39 is 12.0 Å². The number of amides is 1. The number of carbonyl (C=O) groups is 2. The summed E-state index contributed by atoms with van der Waals surface area (Å²) in [5.41, 5.74) is 0.814. The van der Waals surface area contributed by atoms with Gasteiger partial charge in [0, 0.05) is 9.37 Å². The van der Waals surface area contributed by atoms with E-state index in [2.05, 4.69) is 21.2 Å². The highest BCUT2D eigenvalue weighted by Crippen LogP contribution is 2.22. The zero-order valence-corrected chi connectivity index (χ0v) is 15.9. The molecule has 0 heterocycles. The molecule has 25 heavy (non-hydrogen) atoms. The van der Waals surface area contributed by atoms with Crippen molar-refractivity contribution in [3.63, 3.8) is 0 Å². The van der Waals surface area contributed by atoms with Gasteiger partial charge in [-0.25, -0.2) is 4.39 Å². The molecule has 0 aliphatic carbocycles. The Morgan fingerprint density at radius 2 is 1.80 bits per heavy atom. The number of nitrogens with one attached hydrogen (secondary N) is 1. The third-order valence-corrected chi connectivity index (χ3v) is 4.93. The molecule has 4 nitrogen and oxygen atoms in total. The fourth-order valence-corrected chi connectivity index (χ4v) is 3.09. The van der Waals surface area contributed by atoms with Crippen molar-refractivity contribution in [3.05, 3.63) is 64.4 Å². The third kappa shape index (κ3) is 6.51. The van der Waals surface area contributed by atoms with E-state index in [-0.39, 0.29) is 23.9 Å². The van der Waals surface area contributed by atoms with E-state index >= 15 is 0 Å². The number of carbonyl (C=O) groups excluding carboxylic acids is 2. The third-order valence-electron chi connectivity index (χ3n) is 3.39. The van der Waals surface area contributed by atoms with Crippen molar-refractivity contribution in [2.24, 2.45) is 0 Å². The Hall–Kier alpha value is -1.86. The molecule has 0 saturated carbocycles. The summed E-state index contributed by atoms with van der Waals surface area (Å²) in [6.07, 6.45) is 0.0467. The standard InChI is InChI=1S/C18H17BrFNO3S/c1-24-18(23)10-16(12-2-4-13(19)5-3-12)21-17(22)11-25-15-8-6-14(20)7-9-15/h2-9,16H,10-11H2,1H3,(H,21,22). The van der Waals surface area contributed by atoms with Gasteiger partial charge >= 0.3 is 5.97 Å². The Kier molecular flexibility index (Phi) is 7.46. The van der Waals surface area contributed by atoms with Crippen molar-refractivity contribution in [1.29, 1.82) is 0 Å². The first kappa shape index (κ1) is 19.5. The monoisotopic (exact) mass is 425 g/mol. The number of thioether (sulfide) groups is 1. The molecule has 0 radical (unpaired) electrons. The van der Waals surface area contributed by atoms with E-state index in [4.69, 9.17) is 4.74 Å². The van der Waals surface area contributed by atoms with E-state index in [9.17, 15) is 14.0 Å². The summed E-state index contributed by atoms with van der Waals surface area (Å²) in [6, 6.07) is 12.8. The van der Waals surface area contributed by atoms with Crippen LogP contribution in [0.2, 0.25) is 0 Å². The molecule has 0 bridgehead atoms. The van der Waals surface area contributed by atoms with Crippen LogP contribution in [0.15, 0.2) is 57.9 Å². The summed E-state index contributed by atoms with van der Waals surface area (Å²) in [4.78, 5) is 24.7. The number of hydrogen-bond acceptors (Lipinski definition) is 4. The molecule has 1 amide bonds. The molecule has 0 saturated heterocycles. The van der Waals surface area contributed by atoms with Gasteiger partial charge in [0.15, 0.2) is 0 Å². The topological polar surface area (TPSA) is 55.4 Å². The number of halogens is 2. The predicted octanol–water partition coefficient (Wildman–Crippen LogP) is 4.10. The van der Waals surface area contributed by atoms with Crippen LogP contribution in [0.5, 0.6) is 0 Å². The molecule has 0 aromatic heterocycles. The van der Waals surface area contributed by atoms with Gasteiger partial charge in [-0.05, 0) is 42.0 Å². The number of benzene rings is 2. The Morgan fingerprint density at radius 3 is 2.40 bits per heavy atom. The van der Waals surface area contributed by atoms with Crippen molar-refractivity contribution < 1.29 is 18.7 Å². The number of rotatable bonds is 7. The first-order chi connectivity index (χ1) is 12.0. The maximum absolute atomic E-state index is 12.9. The summed E-state index contributed by atoms with van der Waals surface area (Å²) in [5.74, 6) is -0.771. The minimum absolute atomic E-state index is 0.0467. The Morgan fingerprint density at radius 1 is 1.16 bits per heavy atom. The van der Waals surface area contributed by atoms with E-state index in [1.807, 2.05) is 24.3 Å². The second kappa shape index (κ2) is 9.58. The molecule has 132 valence electrons. The lowest BCUT2D eigenvalue weighted by Gasteiger charge is -2.18. The van der Waals surface area contributed by atoms with Gasteiger partial charge in [-0.15, -0.1) is 11.8 Å². The van der Waals surface area contributed by atoms with E-state index in [1.165, 1.54) is 31.0 Å². The van der Waals surface area contributed by atoms with Gasteiger partial charge in [0.25, 0.3) is 0 Å². The molecule has 1 unspecified atom stereocenters. The van der Waals surface area contributed by atoms with Crippen LogP contribution in [-0.4, -0.2) is 24.7 Å². The maximum atomic E-state index is 12.9. The molecule has 0 aliphatic heterocycles. The van der Waals surface area contributed by atoms with E-state index in [0.717, 1.165) is 14.9 Å². The van der Waals surface area contributed by atoms with E-state index in [0.29, 0.717) is 0 Å². The van der Waals surface area contributed by atoms with Crippen LogP contribution < -0.4 is 5.32 Å². The first-order valence-corrected chi connectivity index (χ1v) is 9.26. The zero-order valence-electron chi connectivity index (χ0n) is 13.5. The van der Waals surface area contributed by atoms with Crippen LogP contribution in [0.3, 0.4) is 0 Å². The van der Waals surface area contributed by atoms with Crippen LogP contribution in [-0.2, 0) is 14.3 Å². The van der Waals surface area contributed by atoms with Crippen LogP contribution in [0.1, 0.15) is 18.0 Å². The highest BCUT2D eigenvalue weighted by molar-refractivity contribution is 9.10. The summed E-state index contributed by atoms with van der Waals surface area (Å²) in [6.45, 7) is 0. The Labute approximate surface area is 158 Å². The average molecular weight is 426 g/mol. The summed E-state index contributed by atoms with van der Waals surface area (Å²) >= 11 is 4.66. The molecule has 2 aromatic carbocycles. The van der Waals surface area contributed by atoms with Gasteiger partial charge in [-0.2, -0.15) is 0 Å². The molecular formula is C18H17BrFNO3S. The minimum Gasteiger partial charge on any atom is -0.469 e. The second-order valence-electron chi connectivity index (χ2n) is 5.19. The summed E-state index contributed by atoms with van der Waals surface area (Å²) in [5, 5.41) is 2.85. The fraction of sp³-hybridized carbons (Fsp3) is 0.222.